The minimum atomic E-state index is -1.10. The molecule has 4 rings (SSSR count). The topological polar surface area (TPSA) is 107 Å². The smallest absolute Gasteiger partial charge is 0.329 e. The lowest BCUT2D eigenvalue weighted by Crippen LogP contribution is -2.24. The number of carbonyl (C=O) groups excluding carboxylic acids is 1. The molecule has 1 atom stereocenters. The van der Waals surface area contributed by atoms with Crippen molar-refractivity contribution in [2.75, 3.05) is 5.32 Å². The predicted molar refractivity (Wildman–Crippen MR) is 114 cm³/mol. The van der Waals surface area contributed by atoms with Crippen LogP contribution in [-0.4, -0.2) is 26.2 Å². The molecule has 0 aliphatic heterocycles. The van der Waals surface area contributed by atoms with Crippen molar-refractivity contribution in [1.82, 2.24) is 14.7 Å². The van der Waals surface area contributed by atoms with Crippen molar-refractivity contribution in [3.8, 4) is 0 Å². The highest BCUT2D eigenvalue weighted by molar-refractivity contribution is 7.99. The number of fused-ring (bicyclic) bond motifs is 2. The Kier molecular flexibility index (Phi) is 5.58. The van der Waals surface area contributed by atoms with E-state index in [1.165, 1.54) is 22.5 Å². The van der Waals surface area contributed by atoms with Crippen LogP contribution >= 0.6 is 23.3 Å². The number of rotatable bonds is 5. The largest absolute Gasteiger partial charge is 0.387 e. The Hall–Kier alpha value is -1.68. The van der Waals surface area contributed by atoms with Gasteiger partial charge in [0.2, 0.25) is 0 Å². The number of urea groups is 1. The van der Waals surface area contributed by atoms with E-state index in [9.17, 15) is 15.0 Å². The number of aliphatic hydroxyl groups excluding tert-OH is 1. The van der Waals surface area contributed by atoms with Gasteiger partial charge in [0.25, 0.3) is 0 Å². The van der Waals surface area contributed by atoms with Gasteiger partial charge in [0.05, 0.1) is 17.5 Å². The molecule has 2 aliphatic carbocycles. The molecule has 0 radical (unpaired) electrons. The van der Waals surface area contributed by atoms with Gasteiger partial charge in [-0.2, -0.15) is 0 Å². The summed E-state index contributed by atoms with van der Waals surface area (Å²) in [5.74, 6) is 0. The summed E-state index contributed by atoms with van der Waals surface area (Å²) in [5, 5.41) is 23.8. The summed E-state index contributed by atoms with van der Waals surface area (Å²) in [7, 11) is 0. The van der Waals surface area contributed by atoms with Crippen LogP contribution in [0.1, 0.15) is 72.9 Å². The summed E-state index contributed by atoms with van der Waals surface area (Å²) in [4.78, 5) is 21.9. The van der Waals surface area contributed by atoms with E-state index in [1.54, 1.807) is 20.8 Å². The van der Waals surface area contributed by atoms with E-state index in [1.807, 2.05) is 0 Å². The van der Waals surface area contributed by atoms with E-state index in [0.717, 1.165) is 67.5 Å². The zero-order valence-electron chi connectivity index (χ0n) is 16.8. The molecule has 1 unspecified atom stereocenters. The molecule has 2 aromatic rings. The summed E-state index contributed by atoms with van der Waals surface area (Å²) in [6.07, 6.45) is 5.23. The minimum Gasteiger partial charge on any atom is -0.387 e. The number of hydrogen-bond donors (Lipinski definition) is 4. The van der Waals surface area contributed by atoms with Gasteiger partial charge in [-0.1, -0.05) is 0 Å². The average Bonchev–Trinajstić information content (AvgIpc) is 3.37. The standard InChI is InChI=1S/C20H26N4O3S2/c1-10(25)15-17(28-18(22-15)20(2,3)27)29-24-19(26)23-16-11-6-4-8-13(11)21-14-9-5-7-12(14)16/h10,25,27H,4-9H2,1-3H3,(H2,21,23,24,26). The number of hydrogen-bond acceptors (Lipinski definition) is 7. The van der Waals surface area contributed by atoms with Crippen molar-refractivity contribution < 1.29 is 15.0 Å². The van der Waals surface area contributed by atoms with E-state index in [0.29, 0.717) is 14.9 Å². The van der Waals surface area contributed by atoms with Crippen molar-refractivity contribution >= 4 is 35.0 Å². The first-order chi connectivity index (χ1) is 13.7. The fourth-order valence-electron chi connectivity index (χ4n) is 3.89. The molecule has 7 nitrogen and oxygen atoms in total. The summed E-state index contributed by atoms with van der Waals surface area (Å²) in [6, 6.07) is -0.306. The summed E-state index contributed by atoms with van der Waals surface area (Å²) >= 11 is 2.39. The number of nitrogens with one attached hydrogen (secondary N) is 2. The number of pyridine rings is 1. The first-order valence-electron chi connectivity index (χ1n) is 9.93. The third kappa shape index (κ3) is 4.14. The zero-order chi connectivity index (χ0) is 20.8. The maximum atomic E-state index is 12.7. The number of nitrogens with zero attached hydrogens (tertiary/aromatic N) is 2. The van der Waals surface area contributed by atoms with Crippen LogP contribution in [0.3, 0.4) is 0 Å². The second-order valence-corrected chi connectivity index (χ2v) is 10.2. The Bertz CT molecular complexity index is 918. The first-order valence-corrected chi connectivity index (χ1v) is 11.6. The van der Waals surface area contributed by atoms with Crippen LogP contribution in [-0.2, 0) is 31.3 Å². The Labute approximate surface area is 178 Å². The number of aromatic nitrogens is 2. The molecule has 9 heteroatoms. The van der Waals surface area contributed by atoms with Crippen LogP contribution in [0.4, 0.5) is 10.5 Å². The van der Waals surface area contributed by atoms with E-state index in [-0.39, 0.29) is 6.03 Å². The maximum Gasteiger partial charge on any atom is 0.329 e. The minimum absolute atomic E-state index is 0.306. The van der Waals surface area contributed by atoms with Gasteiger partial charge in [0, 0.05) is 23.3 Å². The zero-order valence-corrected chi connectivity index (χ0v) is 18.5. The average molecular weight is 435 g/mol. The molecular formula is C20H26N4O3S2. The van der Waals surface area contributed by atoms with Crippen LogP contribution in [0.2, 0.25) is 0 Å². The molecule has 0 aromatic carbocycles. The summed E-state index contributed by atoms with van der Waals surface area (Å²) < 4.78 is 3.48. The molecule has 2 amide bonds. The normalized spacial score (nSPS) is 16.4. The van der Waals surface area contributed by atoms with Gasteiger partial charge in [-0.3, -0.25) is 9.71 Å². The maximum absolute atomic E-state index is 12.7. The van der Waals surface area contributed by atoms with Crippen molar-refractivity contribution in [3.05, 3.63) is 33.2 Å². The number of aliphatic hydroxyl groups is 2. The Morgan fingerprint density at radius 2 is 1.76 bits per heavy atom. The van der Waals surface area contributed by atoms with Crippen LogP contribution < -0.4 is 10.0 Å². The molecule has 156 valence electrons. The molecule has 0 spiro atoms. The number of carbonyl (C=O) groups is 1. The van der Waals surface area contributed by atoms with Crippen LogP contribution in [0.15, 0.2) is 4.21 Å². The van der Waals surface area contributed by atoms with Crippen LogP contribution in [0.5, 0.6) is 0 Å². The van der Waals surface area contributed by atoms with Gasteiger partial charge in [0.15, 0.2) is 0 Å². The van der Waals surface area contributed by atoms with Gasteiger partial charge in [-0.05, 0) is 70.4 Å². The van der Waals surface area contributed by atoms with E-state index >= 15 is 0 Å². The highest BCUT2D eigenvalue weighted by Gasteiger charge is 2.28. The Morgan fingerprint density at radius 1 is 1.14 bits per heavy atom. The molecule has 29 heavy (non-hydrogen) atoms. The van der Waals surface area contributed by atoms with Crippen molar-refractivity contribution in [1.29, 1.82) is 0 Å². The van der Waals surface area contributed by atoms with Crippen LogP contribution in [0, 0.1) is 0 Å². The first kappa shape index (κ1) is 20.6. The highest BCUT2D eigenvalue weighted by atomic mass is 32.2. The molecule has 2 aromatic heterocycles. The molecule has 0 bridgehead atoms. The molecule has 0 fully saturated rings. The fraction of sp³-hybridized carbons (Fsp3) is 0.550. The fourth-order valence-corrected chi connectivity index (χ4v) is 5.86. The highest BCUT2D eigenvalue weighted by Crippen LogP contribution is 2.38. The van der Waals surface area contributed by atoms with E-state index in [2.05, 4.69) is 15.0 Å². The molecule has 0 saturated heterocycles. The summed E-state index contributed by atoms with van der Waals surface area (Å²) in [5.41, 5.74) is 4.91. The second kappa shape index (κ2) is 7.86. The van der Waals surface area contributed by atoms with Gasteiger partial charge >= 0.3 is 6.03 Å². The molecular weight excluding hydrogens is 408 g/mol. The Balaban J connectivity index is 1.51. The monoisotopic (exact) mass is 434 g/mol. The van der Waals surface area contributed by atoms with Gasteiger partial charge < -0.3 is 15.5 Å². The lowest BCUT2D eigenvalue weighted by atomic mass is 10.1. The molecule has 4 N–H and O–H groups in total. The van der Waals surface area contributed by atoms with Gasteiger partial charge in [0.1, 0.15) is 14.8 Å². The van der Waals surface area contributed by atoms with Gasteiger partial charge in [-0.25, -0.2) is 9.78 Å². The van der Waals surface area contributed by atoms with Crippen molar-refractivity contribution in [2.24, 2.45) is 0 Å². The lowest BCUT2D eigenvalue weighted by molar-refractivity contribution is 0.0775. The van der Waals surface area contributed by atoms with E-state index < -0.39 is 11.7 Å². The van der Waals surface area contributed by atoms with Crippen molar-refractivity contribution in [3.63, 3.8) is 0 Å². The summed E-state index contributed by atoms with van der Waals surface area (Å²) in [6.45, 7) is 4.92. The SMILES string of the molecule is CC(O)c1nc(C(C)(C)O)sc1SNC(=O)Nc1c2c(nc3c1CCC3)CCC2. The molecule has 2 heterocycles. The lowest BCUT2D eigenvalue weighted by Gasteiger charge is -2.15. The van der Waals surface area contributed by atoms with Crippen LogP contribution in [0.25, 0.3) is 0 Å². The quantitative estimate of drug-likeness (QED) is 0.536. The Morgan fingerprint density at radius 3 is 2.31 bits per heavy atom. The number of amides is 2. The third-order valence-corrected chi connectivity index (χ3v) is 7.63. The van der Waals surface area contributed by atoms with E-state index in [4.69, 9.17) is 4.98 Å². The number of anilines is 1. The number of aryl methyl sites for hydroxylation is 2. The van der Waals surface area contributed by atoms with Gasteiger partial charge in [-0.15, -0.1) is 11.3 Å². The third-order valence-electron chi connectivity index (χ3n) is 5.27. The second-order valence-electron chi connectivity index (χ2n) is 8.13. The van der Waals surface area contributed by atoms with Crippen molar-refractivity contribution in [2.45, 2.75) is 75.2 Å². The predicted octanol–water partition coefficient (Wildman–Crippen LogP) is 3.63. The molecule has 2 aliphatic rings. The molecule has 0 saturated carbocycles. The number of thiazole rings is 1.